The number of methoxy groups -OCH3 is 1. The van der Waals surface area contributed by atoms with E-state index < -0.39 is 0 Å². The number of fused-ring (bicyclic) bond motifs is 1. The zero-order valence-electron chi connectivity index (χ0n) is 20.3. The molecule has 0 aliphatic rings. The van der Waals surface area contributed by atoms with Gasteiger partial charge < -0.3 is 18.9 Å². The molecule has 0 N–H and O–H groups in total. The molecule has 4 rings (SSSR count). The predicted molar refractivity (Wildman–Crippen MR) is 138 cm³/mol. The Morgan fingerprint density at radius 3 is 2.69 bits per heavy atom. The molecule has 0 radical (unpaired) electrons. The number of amides is 1. The summed E-state index contributed by atoms with van der Waals surface area (Å²) in [5, 5.41) is 0. The molecule has 0 atom stereocenters. The Morgan fingerprint density at radius 2 is 1.91 bits per heavy atom. The van der Waals surface area contributed by atoms with Crippen LogP contribution in [-0.4, -0.2) is 46.1 Å². The van der Waals surface area contributed by atoms with E-state index in [1.165, 1.54) is 0 Å². The van der Waals surface area contributed by atoms with Crippen molar-refractivity contribution in [1.29, 1.82) is 0 Å². The molecule has 7 heteroatoms. The highest BCUT2D eigenvalue weighted by Crippen LogP contribution is 2.29. The van der Waals surface area contributed by atoms with Crippen molar-refractivity contribution in [2.24, 2.45) is 0 Å². The highest BCUT2D eigenvalue weighted by molar-refractivity contribution is 5.92. The van der Waals surface area contributed by atoms with Gasteiger partial charge in [-0.05, 0) is 55.3 Å². The largest absolute Gasteiger partial charge is 0.493 e. The molecular weight excluding hydrogens is 440 g/mol. The molecule has 0 aliphatic carbocycles. The Kier molecular flexibility index (Phi) is 7.77. The van der Waals surface area contributed by atoms with E-state index in [0.29, 0.717) is 31.1 Å². The molecule has 2 aromatic carbocycles. The third-order valence-corrected chi connectivity index (χ3v) is 5.67. The number of ether oxygens (including phenoxy) is 2. The summed E-state index contributed by atoms with van der Waals surface area (Å²) < 4.78 is 13.7. The second kappa shape index (κ2) is 11.3. The minimum absolute atomic E-state index is 0.138. The van der Waals surface area contributed by atoms with Gasteiger partial charge in [-0.25, -0.2) is 4.98 Å². The number of nitrogens with zero attached hydrogens (tertiary/aromatic N) is 4. The van der Waals surface area contributed by atoms with Gasteiger partial charge in [0.2, 0.25) is 0 Å². The fraction of sp³-hybridized carbons (Fsp3) is 0.250. The third kappa shape index (κ3) is 5.69. The van der Waals surface area contributed by atoms with Gasteiger partial charge in [0.25, 0.3) is 5.91 Å². The highest BCUT2D eigenvalue weighted by Gasteiger charge is 2.17. The van der Waals surface area contributed by atoms with Gasteiger partial charge in [-0.1, -0.05) is 36.4 Å². The molecule has 0 fully saturated rings. The number of aryl methyl sites for hydroxylation is 1. The number of hydrogen-bond donors (Lipinski definition) is 0. The van der Waals surface area contributed by atoms with Gasteiger partial charge in [0.1, 0.15) is 11.5 Å². The summed E-state index contributed by atoms with van der Waals surface area (Å²) in [6, 6.07) is 19.2. The number of imidazole rings is 1. The maximum Gasteiger partial charge on any atom is 0.272 e. The van der Waals surface area contributed by atoms with E-state index in [-0.39, 0.29) is 5.91 Å². The van der Waals surface area contributed by atoms with Crippen molar-refractivity contribution in [2.45, 2.75) is 26.4 Å². The SMILES string of the molecule is C/C=C/c1ccc(OCCCn2c(CN(C)C(=O)c3ccccn3)nc3ccccc32)c(OC)c1. The maximum absolute atomic E-state index is 12.8. The van der Waals surface area contributed by atoms with Gasteiger partial charge in [-0.3, -0.25) is 9.78 Å². The molecule has 1 amide bonds. The lowest BCUT2D eigenvalue weighted by molar-refractivity contribution is 0.0774. The van der Waals surface area contributed by atoms with Crippen LogP contribution in [0, 0.1) is 0 Å². The normalized spacial score (nSPS) is 11.2. The molecule has 35 heavy (non-hydrogen) atoms. The summed E-state index contributed by atoms with van der Waals surface area (Å²) in [7, 11) is 3.42. The first kappa shape index (κ1) is 24.0. The fourth-order valence-corrected chi connectivity index (χ4v) is 3.97. The van der Waals surface area contributed by atoms with E-state index in [1.54, 1.807) is 37.4 Å². The summed E-state index contributed by atoms with van der Waals surface area (Å²) in [6.45, 7) is 3.59. The van der Waals surface area contributed by atoms with E-state index >= 15 is 0 Å². The summed E-state index contributed by atoms with van der Waals surface area (Å²) in [6.07, 6.45) is 6.40. The standard InChI is InChI=1S/C28H30N4O3/c1-4-10-21-14-15-25(26(19-21)34-3)35-18-9-17-32-24-13-6-5-11-22(24)30-27(32)20-31(2)28(33)23-12-7-8-16-29-23/h4-8,10-16,19H,9,17-18,20H2,1-3H3/b10-4+. The first-order valence-corrected chi connectivity index (χ1v) is 11.6. The minimum Gasteiger partial charge on any atom is -0.493 e. The quantitative estimate of drug-likeness (QED) is 0.298. The molecular formula is C28H30N4O3. The molecule has 0 aliphatic heterocycles. The van der Waals surface area contributed by atoms with Gasteiger partial charge in [0.15, 0.2) is 11.5 Å². The number of benzene rings is 2. The third-order valence-electron chi connectivity index (χ3n) is 5.67. The van der Waals surface area contributed by atoms with Gasteiger partial charge in [-0.15, -0.1) is 0 Å². The zero-order chi connectivity index (χ0) is 24.6. The zero-order valence-corrected chi connectivity index (χ0v) is 20.3. The van der Waals surface area contributed by atoms with Crippen molar-refractivity contribution in [3.05, 3.63) is 90.0 Å². The van der Waals surface area contributed by atoms with Crippen LogP contribution in [0.1, 0.15) is 35.2 Å². The van der Waals surface area contributed by atoms with Crippen molar-refractivity contribution < 1.29 is 14.3 Å². The molecule has 2 aromatic heterocycles. The number of allylic oxidation sites excluding steroid dienone is 1. The van der Waals surface area contributed by atoms with Crippen molar-refractivity contribution in [3.8, 4) is 11.5 Å². The lowest BCUT2D eigenvalue weighted by atomic mass is 10.2. The summed E-state index contributed by atoms with van der Waals surface area (Å²) in [4.78, 5) is 23.4. The average molecular weight is 471 g/mol. The molecule has 0 unspecified atom stereocenters. The van der Waals surface area contributed by atoms with Crippen LogP contribution in [-0.2, 0) is 13.1 Å². The molecule has 180 valence electrons. The van der Waals surface area contributed by atoms with Crippen molar-refractivity contribution in [1.82, 2.24) is 19.4 Å². The smallest absolute Gasteiger partial charge is 0.272 e. The second-order valence-corrected chi connectivity index (χ2v) is 8.16. The van der Waals surface area contributed by atoms with Crippen molar-refractivity contribution in [2.75, 3.05) is 20.8 Å². The maximum atomic E-state index is 12.8. The average Bonchev–Trinajstić information content (AvgIpc) is 3.24. The van der Waals surface area contributed by atoms with Crippen molar-refractivity contribution in [3.63, 3.8) is 0 Å². The number of aromatic nitrogens is 3. The Morgan fingerprint density at radius 1 is 1.09 bits per heavy atom. The molecule has 0 bridgehead atoms. The van der Waals surface area contributed by atoms with Crippen LogP contribution in [0.2, 0.25) is 0 Å². The number of rotatable bonds is 10. The highest BCUT2D eigenvalue weighted by atomic mass is 16.5. The molecule has 0 saturated carbocycles. The van der Waals surface area contributed by atoms with Crippen LogP contribution in [0.25, 0.3) is 17.1 Å². The number of hydrogen-bond acceptors (Lipinski definition) is 5. The topological polar surface area (TPSA) is 69.5 Å². The van der Waals surface area contributed by atoms with E-state index in [2.05, 4.69) is 15.6 Å². The van der Waals surface area contributed by atoms with Crippen LogP contribution in [0.3, 0.4) is 0 Å². The second-order valence-electron chi connectivity index (χ2n) is 8.16. The van der Waals surface area contributed by atoms with Gasteiger partial charge in [0.05, 0.1) is 31.3 Å². The molecule has 4 aromatic rings. The van der Waals surface area contributed by atoms with E-state index in [9.17, 15) is 4.79 Å². The summed E-state index contributed by atoms with van der Waals surface area (Å²) in [5.74, 6) is 2.12. The lowest BCUT2D eigenvalue weighted by Crippen LogP contribution is -2.28. The number of pyridine rings is 1. The summed E-state index contributed by atoms with van der Waals surface area (Å²) in [5.41, 5.74) is 3.42. The summed E-state index contributed by atoms with van der Waals surface area (Å²) >= 11 is 0. The van der Waals surface area contributed by atoms with Gasteiger partial charge in [0, 0.05) is 19.8 Å². The fourth-order valence-electron chi connectivity index (χ4n) is 3.97. The first-order valence-electron chi connectivity index (χ1n) is 11.6. The molecule has 7 nitrogen and oxygen atoms in total. The van der Waals surface area contributed by atoms with Crippen LogP contribution in [0.15, 0.2) is 72.9 Å². The molecule has 0 saturated heterocycles. The predicted octanol–water partition coefficient (Wildman–Crippen LogP) is 5.21. The Balaban J connectivity index is 1.45. The van der Waals surface area contributed by atoms with Crippen LogP contribution < -0.4 is 9.47 Å². The Bertz CT molecular complexity index is 1310. The first-order chi connectivity index (χ1) is 17.1. The Hall–Kier alpha value is -4.13. The lowest BCUT2D eigenvalue weighted by Gasteiger charge is -2.18. The van der Waals surface area contributed by atoms with Crippen LogP contribution in [0.5, 0.6) is 11.5 Å². The van der Waals surface area contributed by atoms with Crippen molar-refractivity contribution >= 4 is 23.0 Å². The number of carbonyl (C=O) groups is 1. The number of carbonyl (C=O) groups excluding carboxylic acids is 1. The van der Waals surface area contributed by atoms with Crippen LogP contribution in [0.4, 0.5) is 0 Å². The van der Waals surface area contributed by atoms with E-state index in [0.717, 1.165) is 34.6 Å². The van der Waals surface area contributed by atoms with Crippen LogP contribution >= 0.6 is 0 Å². The minimum atomic E-state index is -0.138. The number of para-hydroxylation sites is 2. The monoisotopic (exact) mass is 470 g/mol. The van der Waals surface area contributed by atoms with E-state index in [4.69, 9.17) is 14.5 Å². The van der Waals surface area contributed by atoms with E-state index in [1.807, 2.05) is 61.5 Å². The molecule has 2 heterocycles. The van der Waals surface area contributed by atoms with Gasteiger partial charge >= 0.3 is 0 Å². The van der Waals surface area contributed by atoms with Gasteiger partial charge in [-0.2, -0.15) is 0 Å². The molecule has 0 spiro atoms. The Labute approximate surface area is 205 Å².